The first-order valence-electron chi connectivity index (χ1n) is 6.31. The first-order valence-corrected chi connectivity index (χ1v) is 7.75. The van der Waals surface area contributed by atoms with Gasteiger partial charge in [0.1, 0.15) is 0 Å². The largest absolute Gasteiger partial charge is 0.399 e. The fourth-order valence-corrected chi connectivity index (χ4v) is 3.74. The van der Waals surface area contributed by atoms with Crippen molar-refractivity contribution in [2.75, 3.05) is 32.9 Å². The van der Waals surface area contributed by atoms with Crippen LogP contribution in [0, 0.1) is 0 Å². The fraction of sp³-hybridized carbons (Fsp3) is 0.538. The van der Waals surface area contributed by atoms with Crippen molar-refractivity contribution in [3.8, 4) is 0 Å². The van der Waals surface area contributed by atoms with Crippen molar-refractivity contribution in [2.24, 2.45) is 0 Å². The number of hydrogen-bond acceptors (Lipinski definition) is 4. The minimum atomic E-state index is -3.46. The maximum Gasteiger partial charge on any atom is 0.243 e. The lowest BCUT2D eigenvalue weighted by Gasteiger charge is -2.29. The number of nitrogens with zero attached hydrogens (tertiary/aromatic N) is 2. The number of hydrogen-bond donors (Lipinski definition) is 1. The molecule has 0 saturated heterocycles. The predicted octanol–water partition coefficient (Wildman–Crippen LogP) is 1.23. The molecule has 1 rings (SSSR count). The van der Waals surface area contributed by atoms with E-state index in [1.807, 2.05) is 32.8 Å². The molecule has 0 aliphatic carbocycles. The number of nitrogens with two attached hydrogens (primary N) is 1. The number of benzene rings is 1. The third kappa shape index (κ3) is 3.92. The van der Waals surface area contributed by atoms with Crippen molar-refractivity contribution in [3.63, 3.8) is 0 Å². The molecule has 0 aromatic heterocycles. The fourth-order valence-electron chi connectivity index (χ4n) is 2.11. The third-order valence-electron chi connectivity index (χ3n) is 2.92. The van der Waals surface area contributed by atoms with Gasteiger partial charge in [0.05, 0.1) is 4.90 Å². The number of rotatable bonds is 6. The summed E-state index contributed by atoms with van der Waals surface area (Å²) in [6.45, 7) is 4.89. The van der Waals surface area contributed by atoms with Crippen LogP contribution in [0.5, 0.6) is 0 Å². The summed E-state index contributed by atoms with van der Waals surface area (Å²) in [7, 11) is 0.400. The van der Waals surface area contributed by atoms with Gasteiger partial charge in [-0.1, -0.05) is 6.92 Å². The van der Waals surface area contributed by atoms with Crippen LogP contribution in [-0.2, 0) is 10.0 Å². The van der Waals surface area contributed by atoms with Crippen molar-refractivity contribution in [2.45, 2.75) is 24.8 Å². The van der Waals surface area contributed by atoms with E-state index in [0.29, 0.717) is 18.8 Å². The second-order valence-electron chi connectivity index (χ2n) is 4.89. The lowest BCUT2D eigenvalue weighted by atomic mass is 10.3. The summed E-state index contributed by atoms with van der Waals surface area (Å²) in [5, 5.41) is 0. The zero-order chi connectivity index (χ0) is 14.6. The van der Waals surface area contributed by atoms with Gasteiger partial charge >= 0.3 is 0 Å². The van der Waals surface area contributed by atoms with Gasteiger partial charge in [-0.2, -0.15) is 4.31 Å². The maximum absolute atomic E-state index is 12.6. The highest BCUT2D eigenvalue weighted by atomic mass is 32.2. The summed E-state index contributed by atoms with van der Waals surface area (Å²) in [6, 6.07) is 6.24. The molecule has 0 spiro atoms. The van der Waals surface area contributed by atoms with Crippen LogP contribution in [0.3, 0.4) is 0 Å². The first kappa shape index (κ1) is 15.9. The minimum absolute atomic E-state index is 0.0810. The van der Waals surface area contributed by atoms with Gasteiger partial charge in [-0.05, 0) is 45.3 Å². The van der Waals surface area contributed by atoms with Gasteiger partial charge in [-0.15, -0.1) is 0 Å². The summed E-state index contributed by atoms with van der Waals surface area (Å²) < 4.78 is 26.6. The van der Waals surface area contributed by atoms with Crippen LogP contribution in [0.4, 0.5) is 5.69 Å². The van der Waals surface area contributed by atoms with Crippen molar-refractivity contribution in [1.82, 2.24) is 9.21 Å². The molecule has 5 nitrogen and oxygen atoms in total. The van der Waals surface area contributed by atoms with Crippen molar-refractivity contribution >= 4 is 15.7 Å². The van der Waals surface area contributed by atoms with Crippen LogP contribution in [-0.4, -0.2) is 50.8 Å². The summed E-state index contributed by atoms with van der Waals surface area (Å²) in [6.07, 6.45) is 0. The summed E-state index contributed by atoms with van der Waals surface area (Å²) in [5.74, 6) is 0. The van der Waals surface area contributed by atoms with Gasteiger partial charge in [0.2, 0.25) is 10.0 Å². The average molecular weight is 285 g/mol. The molecule has 108 valence electrons. The third-order valence-corrected chi connectivity index (χ3v) is 5.02. The van der Waals surface area contributed by atoms with Crippen LogP contribution in [0.2, 0.25) is 0 Å². The maximum atomic E-state index is 12.6. The molecule has 0 aliphatic rings. The van der Waals surface area contributed by atoms with Crippen molar-refractivity contribution < 1.29 is 8.42 Å². The Balaban J connectivity index is 3.05. The predicted molar refractivity (Wildman–Crippen MR) is 78.4 cm³/mol. The van der Waals surface area contributed by atoms with Gasteiger partial charge in [0.25, 0.3) is 0 Å². The van der Waals surface area contributed by atoms with Gasteiger partial charge in [0.15, 0.2) is 0 Å². The monoisotopic (exact) mass is 285 g/mol. The van der Waals surface area contributed by atoms with E-state index in [1.54, 1.807) is 24.3 Å². The standard InChI is InChI=1S/C13H23N3O2S/c1-5-16(11(2)10-15(3)4)19(17,18)13-8-6-12(14)7-9-13/h6-9,11H,5,10,14H2,1-4H3. The molecule has 0 saturated carbocycles. The minimum Gasteiger partial charge on any atom is -0.399 e. The van der Waals surface area contributed by atoms with E-state index in [-0.39, 0.29) is 10.9 Å². The number of likely N-dealkylation sites (N-methyl/N-ethyl adjacent to an activating group) is 2. The Morgan fingerprint density at radius 3 is 2.16 bits per heavy atom. The Kier molecular flexibility index (Phi) is 5.34. The highest BCUT2D eigenvalue weighted by Gasteiger charge is 2.27. The molecular weight excluding hydrogens is 262 g/mol. The van der Waals surface area contributed by atoms with Gasteiger partial charge in [0, 0.05) is 24.8 Å². The van der Waals surface area contributed by atoms with E-state index in [9.17, 15) is 8.42 Å². The van der Waals surface area contributed by atoms with E-state index in [2.05, 4.69) is 0 Å². The Labute approximate surface area is 116 Å². The molecule has 0 amide bonds. The van der Waals surface area contributed by atoms with Crippen molar-refractivity contribution in [1.29, 1.82) is 0 Å². The smallest absolute Gasteiger partial charge is 0.243 e. The Bertz CT molecular complexity index is 497. The van der Waals surface area contributed by atoms with Crippen LogP contribution in [0.1, 0.15) is 13.8 Å². The lowest BCUT2D eigenvalue weighted by molar-refractivity contribution is 0.271. The van der Waals surface area contributed by atoms with Crippen LogP contribution >= 0.6 is 0 Å². The number of nitrogen functional groups attached to an aromatic ring is 1. The molecule has 2 N–H and O–H groups in total. The number of sulfonamides is 1. The van der Waals surface area contributed by atoms with Crippen LogP contribution < -0.4 is 5.73 Å². The number of anilines is 1. The molecule has 0 bridgehead atoms. The van der Waals surface area contributed by atoms with Crippen LogP contribution in [0.25, 0.3) is 0 Å². The second kappa shape index (κ2) is 6.36. The average Bonchev–Trinajstić information content (AvgIpc) is 2.28. The van der Waals surface area contributed by atoms with Crippen LogP contribution in [0.15, 0.2) is 29.2 Å². The Hall–Kier alpha value is -1.11. The zero-order valence-electron chi connectivity index (χ0n) is 12.0. The van der Waals surface area contributed by atoms with Gasteiger partial charge in [-0.3, -0.25) is 0 Å². The molecule has 1 aromatic carbocycles. The van der Waals surface area contributed by atoms with E-state index in [4.69, 9.17) is 5.73 Å². The first-order chi connectivity index (χ1) is 8.78. The lowest BCUT2D eigenvalue weighted by Crippen LogP contribution is -2.43. The Morgan fingerprint density at radius 2 is 1.74 bits per heavy atom. The summed E-state index contributed by atoms with van der Waals surface area (Å²) in [5.41, 5.74) is 6.15. The topological polar surface area (TPSA) is 66.6 Å². The van der Waals surface area contributed by atoms with Gasteiger partial charge in [-0.25, -0.2) is 8.42 Å². The molecule has 1 atom stereocenters. The molecule has 0 heterocycles. The molecule has 19 heavy (non-hydrogen) atoms. The molecule has 0 aliphatic heterocycles. The van der Waals surface area contributed by atoms with E-state index in [0.717, 1.165) is 0 Å². The summed E-state index contributed by atoms with van der Waals surface area (Å²) >= 11 is 0. The van der Waals surface area contributed by atoms with E-state index < -0.39 is 10.0 Å². The molecule has 6 heteroatoms. The highest BCUT2D eigenvalue weighted by molar-refractivity contribution is 7.89. The Morgan fingerprint density at radius 1 is 1.21 bits per heavy atom. The molecule has 1 unspecified atom stereocenters. The zero-order valence-corrected chi connectivity index (χ0v) is 12.8. The second-order valence-corrected chi connectivity index (χ2v) is 6.78. The van der Waals surface area contributed by atoms with Crippen molar-refractivity contribution in [3.05, 3.63) is 24.3 Å². The summed E-state index contributed by atoms with van der Waals surface area (Å²) in [4.78, 5) is 2.26. The van der Waals surface area contributed by atoms with Gasteiger partial charge < -0.3 is 10.6 Å². The highest BCUT2D eigenvalue weighted by Crippen LogP contribution is 2.19. The molecular formula is C13H23N3O2S. The SMILES string of the molecule is CCN(C(C)CN(C)C)S(=O)(=O)c1ccc(N)cc1. The molecule has 0 fully saturated rings. The molecule has 0 radical (unpaired) electrons. The normalized spacial score (nSPS) is 14.0. The van der Waals surface area contributed by atoms with E-state index >= 15 is 0 Å². The van der Waals surface area contributed by atoms with E-state index in [1.165, 1.54) is 4.31 Å². The molecule has 1 aromatic rings. The quantitative estimate of drug-likeness (QED) is 0.798.